The molecule has 0 saturated heterocycles. The van der Waals surface area contributed by atoms with Gasteiger partial charge in [-0.1, -0.05) is 45.2 Å². The molecule has 2 nitrogen and oxygen atoms in total. The van der Waals surface area contributed by atoms with Crippen LogP contribution in [0.3, 0.4) is 0 Å². The van der Waals surface area contributed by atoms with Crippen molar-refractivity contribution in [3.63, 3.8) is 0 Å². The predicted octanol–water partition coefficient (Wildman–Crippen LogP) is 3.27. The normalized spacial score (nSPS) is 15.1. The zero-order valence-electron chi connectivity index (χ0n) is 8.06. The van der Waals surface area contributed by atoms with Crippen molar-refractivity contribution in [1.82, 2.24) is 0 Å². The lowest BCUT2D eigenvalue weighted by Crippen LogP contribution is -2.17. The summed E-state index contributed by atoms with van der Waals surface area (Å²) < 4.78 is 4.86. The number of ether oxygens (including phenoxy) is 1. The molecular formula is C9H16Br2O2. The van der Waals surface area contributed by atoms with Crippen molar-refractivity contribution >= 4 is 37.8 Å². The van der Waals surface area contributed by atoms with Crippen LogP contribution >= 0.6 is 31.9 Å². The first-order valence-corrected chi connectivity index (χ1v) is 6.35. The molecule has 0 aliphatic heterocycles. The second-order valence-corrected chi connectivity index (χ2v) is 5.60. The van der Waals surface area contributed by atoms with Crippen LogP contribution in [0.5, 0.6) is 0 Å². The summed E-state index contributed by atoms with van der Waals surface area (Å²) in [6.45, 7) is 4.38. The van der Waals surface area contributed by atoms with Gasteiger partial charge in [0.05, 0.1) is 6.61 Å². The predicted molar refractivity (Wildman–Crippen MR) is 61.6 cm³/mol. The highest BCUT2D eigenvalue weighted by molar-refractivity contribution is 9.10. The Morgan fingerprint density at radius 2 is 2.00 bits per heavy atom. The van der Waals surface area contributed by atoms with Crippen molar-refractivity contribution in [2.45, 2.75) is 42.8 Å². The summed E-state index contributed by atoms with van der Waals surface area (Å²) in [4.78, 5) is 11.5. The topological polar surface area (TPSA) is 26.3 Å². The maximum Gasteiger partial charge on any atom is 0.319 e. The highest BCUT2D eigenvalue weighted by Gasteiger charge is 2.15. The van der Waals surface area contributed by atoms with Crippen molar-refractivity contribution in [1.29, 1.82) is 0 Å². The fourth-order valence-corrected chi connectivity index (χ4v) is 1.71. The monoisotopic (exact) mass is 314 g/mol. The molecule has 0 saturated carbocycles. The molecule has 0 spiro atoms. The molecule has 0 amide bonds. The lowest BCUT2D eigenvalue weighted by Gasteiger charge is -2.08. The Labute approximate surface area is 96.7 Å². The van der Waals surface area contributed by atoms with E-state index in [1.165, 1.54) is 0 Å². The van der Waals surface area contributed by atoms with Gasteiger partial charge in [0.15, 0.2) is 0 Å². The van der Waals surface area contributed by atoms with Gasteiger partial charge >= 0.3 is 5.97 Å². The summed E-state index contributed by atoms with van der Waals surface area (Å²) in [7, 11) is 0. The first kappa shape index (κ1) is 13.4. The molecule has 0 radical (unpaired) electrons. The smallest absolute Gasteiger partial charge is 0.319 e. The molecule has 0 aromatic carbocycles. The number of hydrogen-bond acceptors (Lipinski definition) is 2. The van der Waals surface area contributed by atoms with E-state index in [1.54, 1.807) is 0 Å². The van der Waals surface area contributed by atoms with Crippen LogP contribution in [0, 0.1) is 0 Å². The van der Waals surface area contributed by atoms with Gasteiger partial charge in [-0.2, -0.15) is 0 Å². The van der Waals surface area contributed by atoms with E-state index in [4.69, 9.17) is 4.74 Å². The van der Waals surface area contributed by atoms with Gasteiger partial charge in [0.25, 0.3) is 0 Å². The number of esters is 1. The molecule has 0 aliphatic rings. The van der Waals surface area contributed by atoms with E-state index in [9.17, 15) is 4.79 Å². The zero-order chi connectivity index (χ0) is 10.3. The molecule has 0 bridgehead atoms. The van der Waals surface area contributed by atoms with E-state index in [0.717, 1.165) is 19.3 Å². The zero-order valence-corrected chi connectivity index (χ0v) is 11.2. The van der Waals surface area contributed by atoms with E-state index in [0.29, 0.717) is 11.4 Å². The van der Waals surface area contributed by atoms with Gasteiger partial charge in [-0.25, -0.2) is 0 Å². The van der Waals surface area contributed by atoms with Crippen LogP contribution in [0.1, 0.15) is 33.1 Å². The lowest BCUT2D eigenvalue weighted by molar-refractivity contribution is -0.142. The summed E-state index contributed by atoms with van der Waals surface area (Å²) in [6, 6.07) is 0. The average molecular weight is 316 g/mol. The van der Waals surface area contributed by atoms with Gasteiger partial charge in [0.1, 0.15) is 4.83 Å². The van der Waals surface area contributed by atoms with E-state index < -0.39 is 0 Å². The minimum Gasteiger partial charge on any atom is -0.465 e. The summed E-state index contributed by atoms with van der Waals surface area (Å²) >= 11 is 6.77. The van der Waals surface area contributed by atoms with E-state index in [1.807, 2.05) is 6.92 Å². The summed E-state index contributed by atoms with van der Waals surface area (Å²) in [5, 5.41) is 0. The number of hydrogen-bond donors (Lipinski definition) is 0. The molecule has 2 unspecified atom stereocenters. The number of alkyl halides is 2. The third kappa shape index (κ3) is 7.50. The van der Waals surface area contributed by atoms with E-state index in [-0.39, 0.29) is 10.8 Å². The van der Waals surface area contributed by atoms with Crippen LogP contribution in [0.2, 0.25) is 0 Å². The Bertz CT molecular complexity index is 149. The maximum absolute atomic E-state index is 11.1. The Hall–Kier alpha value is 0.430. The molecule has 2 atom stereocenters. The minimum absolute atomic E-state index is 0.140. The van der Waals surface area contributed by atoms with Crippen molar-refractivity contribution in [3.8, 4) is 0 Å². The molecule has 0 aromatic heterocycles. The van der Waals surface area contributed by atoms with Gasteiger partial charge < -0.3 is 4.74 Å². The lowest BCUT2D eigenvalue weighted by atomic mass is 10.1. The van der Waals surface area contributed by atoms with Gasteiger partial charge in [0.2, 0.25) is 0 Å². The summed E-state index contributed by atoms with van der Waals surface area (Å²) in [5.74, 6) is -0.148. The fourth-order valence-electron chi connectivity index (χ4n) is 0.929. The highest BCUT2D eigenvalue weighted by Crippen LogP contribution is 2.15. The van der Waals surface area contributed by atoms with Crippen LogP contribution in [-0.4, -0.2) is 22.2 Å². The Morgan fingerprint density at radius 3 is 2.46 bits per heavy atom. The largest absolute Gasteiger partial charge is 0.465 e. The fraction of sp³-hybridized carbons (Fsp3) is 0.889. The van der Waals surface area contributed by atoms with Crippen LogP contribution in [0.25, 0.3) is 0 Å². The van der Waals surface area contributed by atoms with Gasteiger partial charge in [0, 0.05) is 4.83 Å². The third-order valence-electron chi connectivity index (χ3n) is 1.60. The molecule has 4 heteroatoms. The molecule has 0 heterocycles. The second kappa shape index (κ2) is 7.80. The molecule has 0 aromatic rings. The van der Waals surface area contributed by atoms with E-state index in [2.05, 4.69) is 38.8 Å². The maximum atomic E-state index is 11.1. The molecule has 0 rings (SSSR count). The number of rotatable bonds is 6. The molecule has 0 fully saturated rings. The Morgan fingerprint density at radius 1 is 1.38 bits per heavy atom. The summed E-state index contributed by atoms with van der Waals surface area (Å²) in [6.07, 6.45) is 2.96. The van der Waals surface area contributed by atoms with Gasteiger partial charge in [-0.05, 0) is 19.8 Å². The number of carbonyl (C=O) groups excluding carboxylic acids is 1. The van der Waals surface area contributed by atoms with Crippen molar-refractivity contribution in [2.75, 3.05) is 6.61 Å². The first-order chi connectivity index (χ1) is 6.07. The molecular weight excluding hydrogens is 300 g/mol. The standard InChI is InChI=1S/C9H16Br2O2/c1-3-13-9(12)8(11)6-4-5-7(2)10/h7-8H,3-6H2,1-2H3. The van der Waals surface area contributed by atoms with Gasteiger partial charge in [-0.15, -0.1) is 0 Å². The van der Waals surface area contributed by atoms with Crippen LogP contribution in [-0.2, 0) is 9.53 Å². The number of carbonyl (C=O) groups is 1. The summed E-state index contributed by atoms with van der Waals surface area (Å²) in [5.41, 5.74) is 0. The third-order valence-corrected chi connectivity index (χ3v) is 2.89. The Balaban J connectivity index is 3.49. The quantitative estimate of drug-likeness (QED) is 0.555. The minimum atomic E-state index is -0.148. The van der Waals surface area contributed by atoms with Crippen LogP contribution in [0.4, 0.5) is 0 Å². The van der Waals surface area contributed by atoms with Gasteiger partial charge in [-0.3, -0.25) is 4.79 Å². The highest BCUT2D eigenvalue weighted by atomic mass is 79.9. The molecule has 13 heavy (non-hydrogen) atoms. The molecule has 78 valence electrons. The SMILES string of the molecule is CCOC(=O)C(Br)CCCC(C)Br. The van der Waals surface area contributed by atoms with Crippen molar-refractivity contribution in [2.24, 2.45) is 0 Å². The Kier molecular flexibility index (Phi) is 8.06. The second-order valence-electron chi connectivity index (χ2n) is 2.93. The van der Waals surface area contributed by atoms with Crippen LogP contribution < -0.4 is 0 Å². The van der Waals surface area contributed by atoms with Crippen molar-refractivity contribution < 1.29 is 9.53 Å². The average Bonchev–Trinajstić information content (AvgIpc) is 2.04. The van der Waals surface area contributed by atoms with E-state index >= 15 is 0 Å². The molecule has 0 aliphatic carbocycles. The first-order valence-electron chi connectivity index (χ1n) is 4.52. The molecule has 0 N–H and O–H groups in total. The number of halogens is 2. The van der Waals surface area contributed by atoms with Crippen LogP contribution in [0.15, 0.2) is 0 Å². The van der Waals surface area contributed by atoms with Crippen molar-refractivity contribution in [3.05, 3.63) is 0 Å².